The van der Waals surface area contributed by atoms with Gasteiger partial charge in [0.15, 0.2) is 5.16 Å². The Balaban J connectivity index is 3.12. The third-order valence-electron chi connectivity index (χ3n) is 1.10. The van der Waals surface area contributed by atoms with Gasteiger partial charge >= 0.3 is 0 Å². The fourth-order valence-corrected chi connectivity index (χ4v) is 0.910. The van der Waals surface area contributed by atoms with Crippen molar-refractivity contribution < 1.29 is 0 Å². The Morgan fingerprint density at radius 1 is 1.73 bits per heavy atom. The number of rotatable bonds is 1. The third-order valence-corrected chi connectivity index (χ3v) is 1.66. The predicted molar refractivity (Wildman–Crippen MR) is 42.9 cm³/mol. The molecular formula is C6H6N4S. The van der Waals surface area contributed by atoms with E-state index in [0.717, 1.165) is 0 Å². The molecule has 0 unspecified atom stereocenters. The van der Waals surface area contributed by atoms with Crippen LogP contribution in [-0.2, 0) is 0 Å². The van der Waals surface area contributed by atoms with E-state index in [1.807, 2.05) is 12.3 Å². The minimum atomic E-state index is 0.242. The van der Waals surface area contributed by atoms with E-state index in [2.05, 4.69) is 9.97 Å². The molecule has 1 aromatic rings. The van der Waals surface area contributed by atoms with E-state index >= 15 is 0 Å². The van der Waals surface area contributed by atoms with E-state index in [4.69, 9.17) is 11.0 Å². The monoisotopic (exact) mass is 166 g/mol. The molecule has 0 amide bonds. The number of anilines is 1. The van der Waals surface area contributed by atoms with E-state index in [1.54, 1.807) is 0 Å². The Kier molecular flexibility index (Phi) is 2.28. The lowest BCUT2D eigenvalue weighted by Crippen LogP contribution is -1.97. The lowest BCUT2D eigenvalue weighted by molar-refractivity contribution is 0.973. The van der Waals surface area contributed by atoms with Crippen LogP contribution in [0.4, 0.5) is 5.82 Å². The Hall–Kier alpha value is -1.28. The van der Waals surface area contributed by atoms with Crippen molar-refractivity contribution in [1.29, 1.82) is 5.26 Å². The van der Waals surface area contributed by atoms with Crippen LogP contribution >= 0.6 is 11.8 Å². The largest absolute Gasteiger partial charge is 0.382 e. The van der Waals surface area contributed by atoms with Crippen molar-refractivity contribution in [3.63, 3.8) is 0 Å². The maximum absolute atomic E-state index is 8.47. The molecular weight excluding hydrogens is 160 g/mol. The number of thioether (sulfide) groups is 1. The van der Waals surface area contributed by atoms with Crippen LogP contribution in [0.25, 0.3) is 0 Å². The third kappa shape index (κ3) is 1.59. The molecule has 2 N–H and O–H groups in total. The highest BCUT2D eigenvalue weighted by Crippen LogP contribution is 2.11. The number of nitrogen functional groups attached to an aromatic ring is 1. The number of aromatic nitrogens is 2. The zero-order valence-corrected chi connectivity index (χ0v) is 6.72. The van der Waals surface area contributed by atoms with Crippen LogP contribution in [0.2, 0.25) is 0 Å². The number of nitrogens with two attached hydrogens (primary N) is 1. The predicted octanol–water partition coefficient (Wildman–Crippen LogP) is 0.652. The van der Waals surface area contributed by atoms with Gasteiger partial charge < -0.3 is 5.73 Å². The molecule has 5 heteroatoms. The number of hydrogen-bond acceptors (Lipinski definition) is 5. The molecule has 0 spiro atoms. The van der Waals surface area contributed by atoms with Crippen molar-refractivity contribution in [3.8, 4) is 6.07 Å². The summed E-state index contributed by atoms with van der Waals surface area (Å²) >= 11 is 1.39. The first-order valence-electron chi connectivity index (χ1n) is 2.84. The van der Waals surface area contributed by atoms with Crippen molar-refractivity contribution in [2.45, 2.75) is 5.16 Å². The molecule has 1 rings (SSSR count). The van der Waals surface area contributed by atoms with E-state index in [9.17, 15) is 0 Å². The first-order valence-corrected chi connectivity index (χ1v) is 4.07. The Morgan fingerprint density at radius 2 is 2.45 bits per heavy atom. The highest BCUT2D eigenvalue weighted by Gasteiger charge is 2.00. The average molecular weight is 166 g/mol. The quantitative estimate of drug-likeness (QED) is 0.489. The summed E-state index contributed by atoms with van der Waals surface area (Å²) in [6.45, 7) is 0. The lowest BCUT2D eigenvalue weighted by atomic mass is 10.3. The Morgan fingerprint density at radius 3 is 2.91 bits per heavy atom. The normalized spacial score (nSPS) is 9.09. The van der Waals surface area contributed by atoms with Crippen LogP contribution < -0.4 is 5.73 Å². The summed E-state index contributed by atoms with van der Waals surface area (Å²) in [6.07, 6.45) is 3.27. The van der Waals surface area contributed by atoms with Gasteiger partial charge in [-0.2, -0.15) is 5.26 Å². The van der Waals surface area contributed by atoms with Gasteiger partial charge in [0.2, 0.25) is 0 Å². The molecule has 11 heavy (non-hydrogen) atoms. The Labute approximate surface area is 68.5 Å². The molecule has 1 heterocycles. The minimum Gasteiger partial charge on any atom is -0.382 e. The molecule has 0 aliphatic heterocycles. The fourth-order valence-electron chi connectivity index (χ4n) is 0.563. The lowest BCUT2D eigenvalue weighted by Gasteiger charge is -1.96. The van der Waals surface area contributed by atoms with Gasteiger partial charge in [-0.1, -0.05) is 11.8 Å². The summed E-state index contributed by atoms with van der Waals surface area (Å²) in [5, 5.41) is 9.05. The number of nitriles is 1. The molecule has 0 aliphatic carbocycles. The topological polar surface area (TPSA) is 75.6 Å². The van der Waals surface area contributed by atoms with E-state index in [1.165, 1.54) is 18.0 Å². The summed E-state index contributed by atoms with van der Waals surface area (Å²) in [5.74, 6) is 0.242. The van der Waals surface area contributed by atoms with Crippen molar-refractivity contribution in [2.75, 3.05) is 12.0 Å². The molecule has 4 nitrogen and oxygen atoms in total. The maximum atomic E-state index is 8.47. The van der Waals surface area contributed by atoms with Crippen molar-refractivity contribution in [2.24, 2.45) is 0 Å². The minimum absolute atomic E-state index is 0.242. The summed E-state index contributed by atoms with van der Waals surface area (Å²) in [5.41, 5.74) is 5.74. The van der Waals surface area contributed by atoms with Gasteiger partial charge in [0.05, 0.1) is 6.20 Å². The second-order valence-corrected chi connectivity index (χ2v) is 2.54. The van der Waals surface area contributed by atoms with Crippen LogP contribution in [0.15, 0.2) is 11.4 Å². The highest BCUT2D eigenvalue weighted by molar-refractivity contribution is 7.98. The van der Waals surface area contributed by atoms with Crippen molar-refractivity contribution in [3.05, 3.63) is 11.8 Å². The molecule has 0 atom stereocenters. The van der Waals surface area contributed by atoms with E-state index in [-0.39, 0.29) is 5.82 Å². The smallest absolute Gasteiger partial charge is 0.189 e. The maximum Gasteiger partial charge on any atom is 0.189 e. The second kappa shape index (κ2) is 3.21. The van der Waals surface area contributed by atoms with Crippen LogP contribution in [0, 0.1) is 11.3 Å². The van der Waals surface area contributed by atoms with Gasteiger partial charge in [-0.05, 0) is 6.26 Å². The number of hydrogen-bond donors (Lipinski definition) is 1. The van der Waals surface area contributed by atoms with Crippen molar-refractivity contribution >= 4 is 17.6 Å². The Bertz CT molecular complexity index is 304. The van der Waals surface area contributed by atoms with Crippen LogP contribution in [0.5, 0.6) is 0 Å². The first-order chi connectivity index (χ1) is 5.27. The number of nitrogens with zero attached hydrogens (tertiary/aromatic N) is 3. The van der Waals surface area contributed by atoms with Gasteiger partial charge in [-0.25, -0.2) is 9.97 Å². The molecule has 0 saturated heterocycles. The molecule has 0 radical (unpaired) electrons. The van der Waals surface area contributed by atoms with E-state index in [0.29, 0.717) is 10.7 Å². The van der Waals surface area contributed by atoms with Crippen LogP contribution in [0.3, 0.4) is 0 Å². The summed E-state index contributed by atoms with van der Waals surface area (Å²) in [4.78, 5) is 7.75. The first kappa shape index (κ1) is 7.82. The van der Waals surface area contributed by atoms with Crippen LogP contribution in [-0.4, -0.2) is 16.2 Å². The molecule has 0 bridgehead atoms. The zero-order valence-electron chi connectivity index (χ0n) is 5.90. The molecule has 0 aliphatic rings. The summed E-state index contributed by atoms with van der Waals surface area (Å²) < 4.78 is 0. The van der Waals surface area contributed by atoms with Crippen molar-refractivity contribution in [1.82, 2.24) is 9.97 Å². The molecule has 1 aromatic heterocycles. The zero-order chi connectivity index (χ0) is 8.27. The second-order valence-electron chi connectivity index (χ2n) is 1.77. The summed E-state index contributed by atoms with van der Waals surface area (Å²) in [7, 11) is 0. The SMILES string of the molecule is CSc1ncc(C#N)c(N)n1. The van der Waals surface area contributed by atoms with Gasteiger partial charge in [0.25, 0.3) is 0 Å². The van der Waals surface area contributed by atoms with E-state index < -0.39 is 0 Å². The summed E-state index contributed by atoms with van der Waals surface area (Å²) in [6, 6.07) is 1.89. The molecule has 56 valence electrons. The van der Waals surface area contributed by atoms with Gasteiger partial charge in [0.1, 0.15) is 17.5 Å². The molecule has 0 saturated carbocycles. The molecule has 0 fully saturated rings. The van der Waals surface area contributed by atoms with Gasteiger partial charge in [-0.15, -0.1) is 0 Å². The average Bonchev–Trinajstić information content (AvgIpc) is 2.04. The van der Waals surface area contributed by atoms with Gasteiger partial charge in [-0.3, -0.25) is 0 Å². The standard InChI is InChI=1S/C6H6N4S/c1-11-6-9-3-4(2-7)5(8)10-6/h3H,1H3,(H2,8,9,10). The van der Waals surface area contributed by atoms with Crippen LogP contribution in [0.1, 0.15) is 5.56 Å². The fraction of sp³-hybridized carbons (Fsp3) is 0.167. The highest BCUT2D eigenvalue weighted by atomic mass is 32.2. The van der Waals surface area contributed by atoms with Gasteiger partial charge in [0, 0.05) is 0 Å². The molecule has 0 aromatic carbocycles.